The molecule has 0 radical (unpaired) electrons. The molecular formula is C31H28N6O3S3. The Balaban J connectivity index is 1.26. The van der Waals surface area contributed by atoms with Gasteiger partial charge in [0.05, 0.1) is 46.6 Å². The molecule has 0 saturated carbocycles. The number of amides is 2. The van der Waals surface area contributed by atoms with Crippen LogP contribution < -0.4 is 10.1 Å². The van der Waals surface area contributed by atoms with Gasteiger partial charge in [-0.05, 0) is 47.5 Å². The van der Waals surface area contributed by atoms with Crippen molar-refractivity contribution < 1.29 is 14.3 Å². The van der Waals surface area contributed by atoms with Gasteiger partial charge in [-0.15, -0.1) is 32.9 Å². The van der Waals surface area contributed by atoms with Crippen LogP contribution in [0, 0.1) is 6.92 Å². The summed E-state index contributed by atoms with van der Waals surface area (Å²) < 4.78 is 7.45. The van der Waals surface area contributed by atoms with Crippen LogP contribution in [0.5, 0.6) is 5.75 Å². The minimum atomic E-state index is -0.194. The maximum Gasteiger partial charge on any atom is 0.261 e. The number of rotatable bonds is 10. The van der Waals surface area contributed by atoms with E-state index in [1.54, 1.807) is 29.5 Å². The van der Waals surface area contributed by atoms with Gasteiger partial charge in [0.25, 0.3) is 11.8 Å². The SMILES string of the molecule is COc1ccccc1-n1c(CNC(=O)c2cccs2)nnc1SCC(=O)N1N=C(c2cccs2)C[C@H]1c1ccc(C)cc1. The normalized spacial score (nSPS) is 14.5. The van der Waals surface area contributed by atoms with E-state index in [9.17, 15) is 9.59 Å². The summed E-state index contributed by atoms with van der Waals surface area (Å²) in [5.41, 5.74) is 3.81. The average Bonchev–Trinajstić information content (AvgIpc) is 3.85. The van der Waals surface area contributed by atoms with Gasteiger partial charge in [-0.25, -0.2) is 5.01 Å². The van der Waals surface area contributed by atoms with E-state index in [4.69, 9.17) is 9.84 Å². The molecular weight excluding hydrogens is 601 g/mol. The second-order valence-electron chi connectivity index (χ2n) is 9.75. The lowest BCUT2D eigenvalue weighted by atomic mass is 10.00. The van der Waals surface area contributed by atoms with Crippen molar-refractivity contribution in [3.63, 3.8) is 0 Å². The van der Waals surface area contributed by atoms with Gasteiger partial charge in [0.2, 0.25) is 0 Å². The summed E-state index contributed by atoms with van der Waals surface area (Å²) >= 11 is 4.26. The largest absolute Gasteiger partial charge is 0.495 e. The van der Waals surface area contributed by atoms with Gasteiger partial charge in [-0.3, -0.25) is 14.2 Å². The van der Waals surface area contributed by atoms with Gasteiger partial charge in [0.1, 0.15) is 5.75 Å². The van der Waals surface area contributed by atoms with Crippen molar-refractivity contribution in [3.8, 4) is 11.4 Å². The van der Waals surface area contributed by atoms with Crippen LogP contribution in [0.15, 0.2) is 93.8 Å². The highest BCUT2D eigenvalue weighted by molar-refractivity contribution is 7.99. The Bertz CT molecular complexity index is 1750. The summed E-state index contributed by atoms with van der Waals surface area (Å²) in [5.74, 6) is 0.902. The molecule has 0 aliphatic carbocycles. The highest BCUT2D eigenvalue weighted by Crippen LogP contribution is 2.35. The predicted molar refractivity (Wildman–Crippen MR) is 170 cm³/mol. The minimum Gasteiger partial charge on any atom is -0.495 e. The Morgan fingerprint density at radius 1 is 1.00 bits per heavy atom. The van der Waals surface area contributed by atoms with Crippen molar-refractivity contribution >= 4 is 52.0 Å². The lowest BCUT2D eigenvalue weighted by Crippen LogP contribution is -2.28. The fourth-order valence-electron chi connectivity index (χ4n) is 4.79. The monoisotopic (exact) mass is 628 g/mol. The molecule has 0 saturated heterocycles. The lowest BCUT2D eigenvalue weighted by Gasteiger charge is -2.22. The molecule has 1 aliphatic heterocycles. The molecule has 5 aromatic rings. The van der Waals surface area contributed by atoms with Crippen LogP contribution in [-0.4, -0.2) is 50.2 Å². The van der Waals surface area contributed by atoms with Gasteiger partial charge in [0, 0.05) is 6.42 Å². The number of nitrogens with one attached hydrogen (secondary N) is 1. The summed E-state index contributed by atoms with van der Waals surface area (Å²) in [7, 11) is 1.60. The zero-order valence-corrected chi connectivity index (χ0v) is 25.9. The number of aryl methyl sites for hydroxylation is 1. The lowest BCUT2D eigenvalue weighted by molar-refractivity contribution is -0.130. The van der Waals surface area contributed by atoms with E-state index in [0.717, 1.165) is 21.7 Å². The third-order valence-electron chi connectivity index (χ3n) is 6.94. The molecule has 2 aromatic carbocycles. The fourth-order valence-corrected chi connectivity index (χ4v) is 6.97. The molecule has 218 valence electrons. The van der Waals surface area contributed by atoms with Crippen molar-refractivity contribution in [2.45, 2.75) is 31.1 Å². The van der Waals surface area contributed by atoms with Crippen LogP contribution in [0.25, 0.3) is 5.69 Å². The first-order valence-corrected chi connectivity index (χ1v) is 16.3. The van der Waals surface area contributed by atoms with Crippen molar-refractivity contribution in [1.82, 2.24) is 25.1 Å². The van der Waals surface area contributed by atoms with Gasteiger partial charge in [-0.1, -0.05) is 65.9 Å². The first-order chi connectivity index (χ1) is 21.0. The quantitative estimate of drug-likeness (QED) is 0.187. The summed E-state index contributed by atoms with van der Waals surface area (Å²) in [5, 5.41) is 22.5. The number of aromatic nitrogens is 3. The molecule has 12 heteroatoms. The van der Waals surface area contributed by atoms with Crippen LogP contribution in [0.1, 0.15) is 44.0 Å². The third kappa shape index (κ3) is 6.26. The maximum atomic E-state index is 13.8. The summed E-state index contributed by atoms with van der Waals surface area (Å²) in [6.45, 7) is 2.19. The number of benzene rings is 2. The maximum absolute atomic E-state index is 13.8. The highest BCUT2D eigenvalue weighted by atomic mass is 32.2. The molecule has 2 amide bonds. The van der Waals surface area contributed by atoms with Crippen LogP contribution in [0.4, 0.5) is 0 Å². The van der Waals surface area contributed by atoms with Crippen molar-refractivity contribution in [2.75, 3.05) is 12.9 Å². The second-order valence-corrected chi connectivity index (χ2v) is 12.6. The molecule has 1 atom stereocenters. The number of carbonyl (C=O) groups excluding carboxylic acids is 2. The number of ether oxygens (including phenoxy) is 1. The van der Waals surface area contributed by atoms with Gasteiger partial charge >= 0.3 is 0 Å². The third-order valence-corrected chi connectivity index (χ3v) is 9.64. The van der Waals surface area contributed by atoms with E-state index in [2.05, 4.69) is 39.8 Å². The molecule has 0 unspecified atom stereocenters. The number of hydrazone groups is 1. The van der Waals surface area contributed by atoms with Crippen molar-refractivity contribution in [1.29, 1.82) is 0 Å². The van der Waals surface area contributed by atoms with E-state index in [1.807, 2.05) is 64.7 Å². The molecule has 3 aromatic heterocycles. The fraction of sp³-hybridized carbons (Fsp3) is 0.194. The Morgan fingerprint density at radius 2 is 1.79 bits per heavy atom. The Labute approximate surface area is 261 Å². The van der Waals surface area contributed by atoms with Crippen LogP contribution >= 0.6 is 34.4 Å². The molecule has 0 spiro atoms. The summed E-state index contributed by atoms with van der Waals surface area (Å²) in [4.78, 5) is 28.1. The van der Waals surface area contributed by atoms with Crippen LogP contribution in [-0.2, 0) is 11.3 Å². The highest BCUT2D eigenvalue weighted by Gasteiger charge is 2.33. The Kier molecular flexibility index (Phi) is 8.68. The minimum absolute atomic E-state index is 0.0957. The second kappa shape index (κ2) is 12.9. The zero-order chi connectivity index (χ0) is 29.8. The number of hydrogen-bond acceptors (Lipinski definition) is 9. The number of para-hydroxylation sites is 2. The van der Waals surface area contributed by atoms with E-state index >= 15 is 0 Å². The summed E-state index contributed by atoms with van der Waals surface area (Å²) in [6.07, 6.45) is 0.644. The number of hydrogen-bond donors (Lipinski definition) is 1. The molecule has 0 bridgehead atoms. The number of carbonyl (C=O) groups is 2. The molecule has 0 fully saturated rings. The zero-order valence-electron chi connectivity index (χ0n) is 23.5. The van der Waals surface area contributed by atoms with Gasteiger partial charge < -0.3 is 10.1 Å². The average molecular weight is 629 g/mol. The van der Waals surface area contributed by atoms with E-state index in [1.165, 1.54) is 23.1 Å². The Morgan fingerprint density at radius 3 is 2.53 bits per heavy atom. The Hall–Kier alpha value is -4.26. The van der Waals surface area contributed by atoms with Gasteiger partial charge in [0.15, 0.2) is 11.0 Å². The molecule has 43 heavy (non-hydrogen) atoms. The topological polar surface area (TPSA) is 102 Å². The molecule has 9 nitrogen and oxygen atoms in total. The smallest absolute Gasteiger partial charge is 0.261 e. The standard InChI is InChI=1S/C31H28N6O3S3/c1-20-11-13-21(14-12-20)24-17-22(26-9-5-15-41-26)35-37(24)29(38)19-43-31-34-33-28(18-32-30(39)27-10-6-16-42-27)36(31)23-7-3-4-8-25(23)40-2/h3-16,24H,17-19H2,1-2H3,(H,32,39)/t24-/m0/s1. The summed E-state index contributed by atoms with van der Waals surface area (Å²) in [6, 6.07) is 23.2. The van der Waals surface area contributed by atoms with E-state index < -0.39 is 0 Å². The van der Waals surface area contributed by atoms with Crippen molar-refractivity contribution in [2.24, 2.45) is 5.10 Å². The number of thioether (sulfide) groups is 1. The van der Waals surface area contributed by atoms with Crippen LogP contribution in [0.2, 0.25) is 0 Å². The van der Waals surface area contributed by atoms with E-state index in [-0.39, 0.29) is 30.2 Å². The molecule has 4 heterocycles. The van der Waals surface area contributed by atoms with Gasteiger partial charge in [-0.2, -0.15) is 5.10 Å². The predicted octanol–water partition coefficient (Wildman–Crippen LogP) is 6.11. The van der Waals surface area contributed by atoms with Crippen molar-refractivity contribution in [3.05, 3.63) is 110 Å². The molecule has 6 rings (SSSR count). The first kappa shape index (κ1) is 28.8. The van der Waals surface area contributed by atoms with Crippen LogP contribution in [0.3, 0.4) is 0 Å². The number of thiophene rings is 2. The first-order valence-electron chi connectivity index (χ1n) is 13.5. The number of nitrogens with zero attached hydrogens (tertiary/aromatic N) is 5. The number of methoxy groups -OCH3 is 1. The molecule has 1 N–H and O–H groups in total. The van der Waals surface area contributed by atoms with E-state index in [0.29, 0.717) is 33.7 Å². The molecule has 1 aliphatic rings.